The van der Waals surface area contributed by atoms with Crippen molar-refractivity contribution in [1.29, 1.82) is 0 Å². The van der Waals surface area contributed by atoms with Crippen LogP contribution in [0.1, 0.15) is 137 Å². The summed E-state index contributed by atoms with van der Waals surface area (Å²) in [4.78, 5) is 49.9. The molecule has 0 saturated heterocycles. The summed E-state index contributed by atoms with van der Waals surface area (Å²) in [5, 5.41) is 19.6. The van der Waals surface area contributed by atoms with Crippen molar-refractivity contribution in [3.8, 4) is 11.5 Å². The third-order valence-electron chi connectivity index (χ3n) is 11.1. The van der Waals surface area contributed by atoms with Gasteiger partial charge in [0.2, 0.25) is 12.2 Å². The molecule has 2 fully saturated rings. The van der Waals surface area contributed by atoms with Gasteiger partial charge in [-0.1, -0.05) is 89.5 Å². The lowest BCUT2D eigenvalue weighted by Crippen LogP contribution is -2.45. The highest BCUT2D eigenvalue weighted by Crippen LogP contribution is 2.34. The first kappa shape index (κ1) is 44.1. The summed E-state index contributed by atoms with van der Waals surface area (Å²) in [6.45, 7) is 5.20. The fourth-order valence-electron chi connectivity index (χ4n) is 7.71. The first-order valence-corrected chi connectivity index (χ1v) is 20.8. The molecule has 2 atom stereocenters. The maximum atomic E-state index is 12.9. The number of carboxylic acids is 2. The number of carboxylic acid groups (broad SMARTS) is 2. The maximum absolute atomic E-state index is 12.9. The molecule has 2 N–H and O–H groups in total. The minimum Gasteiger partial charge on any atom is -0.490 e. The molecule has 2 saturated carbocycles. The predicted molar refractivity (Wildman–Crippen MR) is 215 cm³/mol. The zero-order valence-corrected chi connectivity index (χ0v) is 33.3. The average Bonchev–Trinajstić information content (AvgIpc) is 3.21. The molecule has 56 heavy (non-hydrogen) atoms. The van der Waals surface area contributed by atoms with E-state index in [-0.39, 0.29) is 11.1 Å². The Kier molecular flexibility index (Phi) is 19.0. The molecule has 306 valence electrons. The van der Waals surface area contributed by atoms with E-state index in [1.807, 2.05) is 12.2 Å². The zero-order valence-electron chi connectivity index (χ0n) is 33.3. The maximum Gasteiger partial charge on any atom is 0.349 e. The van der Waals surface area contributed by atoms with Crippen LogP contribution in [-0.2, 0) is 19.1 Å². The Morgan fingerprint density at radius 3 is 1.25 bits per heavy atom. The van der Waals surface area contributed by atoms with E-state index in [4.69, 9.17) is 18.9 Å². The predicted octanol–water partition coefficient (Wildman–Crippen LogP) is 10.3. The van der Waals surface area contributed by atoms with Crippen molar-refractivity contribution >= 4 is 23.9 Å². The molecule has 0 unspecified atom stereocenters. The second-order valence-electron chi connectivity index (χ2n) is 15.4. The Hall–Kier alpha value is -4.60. The lowest BCUT2D eigenvalue weighted by atomic mass is 9.79. The number of ether oxygens (including phenoxy) is 4. The van der Waals surface area contributed by atoms with Gasteiger partial charge in [-0.15, -0.1) is 0 Å². The van der Waals surface area contributed by atoms with Crippen molar-refractivity contribution in [3.05, 3.63) is 84.0 Å². The topological polar surface area (TPSA) is 146 Å². The van der Waals surface area contributed by atoms with Crippen molar-refractivity contribution in [1.82, 2.24) is 0 Å². The molecular weight excluding hydrogens is 712 g/mol. The van der Waals surface area contributed by atoms with Crippen LogP contribution in [0.25, 0.3) is 0 Å². The molecular formula is C46H62O10. The minimum atomic E-state index is -2.30. The zero-order chi connectivity index (χ0) is 40.1. The first-order valence-electron chi connectivity index (χ1n) is 20.8. The van der Waals surface area contributed by atoms with Crippen molar-refractivity contribution in [2.75, 3.05) is 13.2 Å². The van der Waals surface area contributed by atoms with Crippen LogP contribution in [0.15, 0.2) is 72.8 Å². The van der Waals surface area contributed by atoms with E-state index in [9.17, 15) is 29.4 Å². The van der Waals surface area contributed by atoms with E-state index in [2.05, 4.69) is 26.0 Å². The van der Waals surface area contributed by atoms with Crippen molar-refractivity contribution < 1.29 is 48.3 Å². The molecule has 0 spiro atoms. The smallest absolute Gasteiger partial charge is 0.349 e. The number of unbranched alkanes of at least 4 members (excludes halogenated alkanes) is 4. The minimum absolute atomic E-state index is 0.0269. The van der Waals surface area contributed by atoms with Crippen LogP contribution < -0.4 is 9.47 Å². The first-order chi connectivity index (χ1) is 27.2. The summed E-state index contributed by atoms with van der Waals surface area (Å²) in [5.41, 5.74) is -0.0538. The quantitative estimate of drug-likeness (QED) is 0.0635. The molecule has 10 heteroatoms. The molecule has 0 aliphatic heterocycles. The van der Waals surface area contributed by atoms with Crippen molar-refractivity contribution in [2.45, 2.75) is 129 Å². The summed E-state index contributed by atoms with van der Waals surface area (Å²) in [6.07, 6.45) is 24.2. The van der Waals surface area contributed by atoms with E-state index in [0.29, 0.717) is 36.5 Å². The Bertz CT molecular complexity index is 1430. The summed E-state index contributed by atoms with van der Waals surface area (Å²) in [7, 11) is 0. The lowest BCUT2D eigenvalue weighted by Gasteiger charge is -2.26. The van der Waals surface area contributed by atoms with Crippen LogP contribution in [0.2, 0.25) is 0 Å². The second-order valence-corrected chi connectivity index (χ2v) is 15.4. The average molecular weight is 775 g/mol. The van der Waals surface area contributed by atoms with Gasteiger partial charge in [0.1, 0.15) is 24.7 Å². The summed E-state index contributed by atoms with van der Waals surface area (Å²) >= 11 is 0. The largest absolute Gasteiger partial charge is 0.490 e. The Morgan fingerprint density at radius 1 is 0.571 bits per heavy atom. The number of rotatable bonds is 23. The van der Waals surface area contributed by atoms with Gasteiger partial charge in [-0.25, -0.2) is 19.2 Å². The molecule has 2 aliphatic rings. The molecule has 4 rings (SSSR count). The number of esters is 2. The molecule has 10 nitrogen and oxygen atoms in total. The van der Waals surface area contributed by atoms with Gasteiger partial charge in [-0.05, 0) is 124 Å². The Morgan fingerprint density at radius 2 is 0.929 bits per heavy atom. The van der Waals surface area contributed by atoms with Gasteiger partial charge in [0.25, 0.3) is 0 Å². The molecule has 0 amide bonds. The summed E-state index contributed by atoms with van der Waals surface area (Å²) in [5.74, 6) is -1.94. The van der Waals surface area contributed by atoms with Crippen LogP contribution in [0, 0.1) is 23.7 Å². The number of aliphatic carboxylic acids is 2. The SMILES string of the molecule is CCCCC[C@H]1CC[C@H](/C=C/COc2ccc(C(=O)O[C@@H](C(=O)O)[C@@H](OC(=O)c3ccc(OC/C=C/[C@H]4CC[C@H](CCCCC)CC4)cc3)C(=O)O)cc2)CC1. The highest BCUT2D eigenvalue weighted by Gasteiger charge is 2.41. The fourth-order valence-corrected chi connectivity index (χ4v) is 7.71. The second kappa shape index (κ2) is 24.1. The van der Waals surface area contributed by atoms with Gasteiger partial charge in [0, 0.05) is 0 Å². The standard InChI is InChI=1S/C46H62O10/c1-3-5-7-11-33-15-19-35(20-16-33)13-9-31-53-39-27-23-37(24-28-39)45(51)55-41(43(47)48)42(44(49)50)56-46(52)38-25-29-40(30-26-38)54-32-10-14-36-21-17-34(18-22-36)12-8-6-4-2/h9-10,13-14,23-30,33-36,41-42H,3-8,11-12,15-22,31-32H2,1-2H3,(H,47,48)(H,49,50)/b13-9+,14-10+/t33-,34-,35-,36-,41-,42-/m1/s1. The fraction of sp³-hybridized carbons (Fsp3) is 0.565. The number of carbonyl (C=O) groups is 4. The normalized spacial score (nSPS) is 21.0. The molecule has 0 heterocycles. The molecule has 2 aliphatic carbocycles. The van der Waals surface area contributed by atoms with Crippen LogP contribution in [0.3, 0.4) is 0 Å². The number of hydrogen-bond donors (Lipinski definition) is 2. The van der Waals surface area contributed by atoms with Gasteiger partial charge >= 0.3 is 23.9 Å². The van der Waals surface area contributed by atoms with E-state index in [0.717, 1.165) is 11.8 Å². The van der Waals surface area contributed by atoms with E-state index < -0.39 is 36.1 Å². The van der Waals surface area contributed by atoms with E-state index in [1.165, 1.54) is 127 Å². The van der Waals surface area contributed by atoms with Gasteiger partial charge < -0.3 is 29.2 Å². The monoisotopic (exact) mass is 774 g/mol. The third-order valence-corrected chi connectivity index (χ3v) is 11.1. The highest BCUT2D eigenvalue weighted by molar-refractivity contribution is 5.95. The summed E-state index contributed by atoms with van der Waals surface area (Å²) < 4.78 is 21.7. The van der Waals surface area contributed by atoms with E-state index >= 15 is 0 Å². The molecule has 2 aromatic rings. The van der Waals surface area contributed by atoms with Gasteiger partial charge in [-0.2, -0.15) is 0 Å². The third kappa shape index (κ3) is 15.1. The van der Waals surface area contributed by atoms with Gasteiger partial charge in [0.15, 0.2) is 0 Å². The number of allylic oxidation sites excluding steroid dienone is 2. The number of hydrogen-bond acceptors (Lipinski definition) is 8. The lowest BCUT2D eigenvalue weighted by molar-refractivity contribution is -0.166. The van der Waals surface area contributed by atoms with Crippen LogP contribution in [0.4, 0.5) is 0 Å². The number of carbonyl (C=O) groups excluding carboxylic acids is 2. The highest BCUT2D eigenvalue weighted by atomic mass is 16.6. The molecule has 2 aromatic carbocycles. The van der Waals surface area contributed by atoms with Crippen LogP contribution in [0.5, 0.6) is 11.5 Å². The molecule has 0 aromatic heterocycles. The molecule has 0 radical (unpaired) electrons. The van der Waals surface area contributed by atoms with Crippen molar-refractivity contribution in [3.63, 3.8) is 0 Å². The van der Waals surface area contributed by atoms with Crippen LogP contribution in [-0.4, -0.2) is 59.5 Å². The van der Waals surface area contributed by atoms with E-state index in [1.54, 1.807) is 24.3 Å². The Balaban J connectivity index is 1.20. The van der Waals surface area contributed by atoms with Crippen molar-refractivity contribution in [2.24, 2.45) is 23.7 Å². The van der Waals surface area contributed by atoms with Gasteiger partial charge in [0.05, 0.1) is 11.1 Å². The Labute approximate surface area is 332 Å². The molecule has 0 bridgehead atoms. The summed E-state index contributed by atoms with van der Waals surface area (Å²) in [6, 6.07) is 11.7. The number of benzene rings is 2. The van der Waals surface area contributed by atoms with Crippen LogP contribution >= 0.6 is 0 Å². The van der Waals surface area contributed by atoms with Gasteiger partial charge in [-0.3, -0.25) is 0 Å².